The predicted molar refractivity (Wildman–Crippen MR) is 41.7 cm³/mol. The van der Waals surface area contributed by atoms with E-state index in [0.717, 1.165) is 13.0 Å². The van der Waals surface area contributed by atoms with E-state index in [0.29, 0.717) is 6.54 Å². The van der Waals surface area contributed by atoms with E-state index in [-0.39, 0.29) is 5.48 Å². The predicted octanol–water partition coefficient (Wildman–Crippen LogP) is -1.56. The average molecular weight is 165 g/mol. The molecule has 0 bridgehead atoms. The molecule has 0 aromatic carbocycles. The largest absolute Gasteiger partial charge is 0.870 e. The molecular formula is C7H19NO3. The zero-order chi connectivity index (χ0) is 7.98. The minimum absolute atomic E-state index is 0. The van der Waals surface area contributed by atoms with Crippen LogP contribution in [-0.2, 0) is 0 Å². The summed E-state index contributed by atoms with van der Waals surface area (Å²) in [6.07, 6.45) is 1.16. The summed E-state index contributed by atoms with van der Waals surface area (Å²) in [5, 5.41) is 17.1. The zero-order valence-corrected chi connectivity index (χ0v) is 7.25. The van der Waals surface area contributed by atoms with E-state index in [4.69, 9.17) is 10.2 Å². The Hall–Kier alpha value is -0.160. The third-order valence-corrected chi connectivity index (χ3v) is 1.49. The molecule has 1 atom stereocenters. The van der Waals surface area contributed by atoms with Gasteiger partial charge in [0, 0.05) is 0 Å². The van der Waals surface area contributed by atoms with Crippen molar-refractivity contribution in [2.75, 3.05) is 20.1 Å². The van der Waals surface area contributed by atoms with Gasteiger partial charge in [-0.25, -0.2) is 0 Å². The standard InChI is InChI=1S/C7H17NO2.H2O/c1-3-4-5-8(2)6-7(9)10;/h7,9-10H,3-6H2,1-2H3;1H2. The highest BCUT2D eigenvalue weighted by molar-refractivity contribution is 4.31. The third kappa shape index (κ3) is 9.84. The SMILES string of the molecule is CCCC[NH+](C)CC(O)O.[OH-]. The van der Waals surface area contributed by atoms with Gasteiger partial charge in [-0.2, -0.15) is 0 Å². The first-order valence-electron chi connectivity index (χ1n) is 3.84. The smallest absolute Gasteiger partial charge is 0.202 e. The van der Waals surface area contributed by atoms with Gasteiger partial charge in [0.15, 0.2) is 0 Å². The second-order valence-corrected chi connectivity index (χ2v) is 2.75. The van der Waals surface area contributed by atoms with Gasteiger partial charge in [-0.05, 0) is 6.42 Å². The molecule has 0 amide bonds. The summed E-state index contributed by atoms with van der Waals surface area (Å²) < 4.78 is 0. The maximum absolute atomic E-state index is 8.56. The van der Waals surface area contributed by atoms with Gasteiger partial charge in [0.2, 0.25) is 6.29 Å². The molecule has 0 saturated heterocycles. The van der Waals surface area contributed by atoms with Crippen LogP contribution in [0.3, 0.4) is 0 Å². The molecule has 0 radical (unpaired) electrons. The molecule has 0 aromatic heterocycles. The lowest BCUT2D eigenvalue weighted by molar-refractivity contribution is -0.886. The van der Waals surface area contributed by atoms with Gasteiger partial charge in [0.25, 0.3) is 0 Å². The fourth-order valence-corrected chi connectivity index (χ4v) is 0.892. The number of likely N-dealkylation sites (N-methyl/N-ethyl adjacent to an activating group) is 1. The summed E-state index contributed by atoms with van der Waals surface area (Å²) >= 11 is 0. The number of hydrogen-bond donors (Lipinski definition) is 3. The lowest BCUT2D eigenvalue weighted by atomic mass is 10.3. The number of hydrogen-bond acceptors (Lipinski definition) is 3. The Morgan fingerprint density at radius 2 is 1.91 bits per heavy atom. The van der Waals surface area contributed by atoms with Gasteiger partial charge >= 0.3 is 0 Å². The maximum Gasteiger partial charge on any atom is 0.202 e. The van der Waals surface area contributed by atoms with Gasteiger partial charge in [0.1, 0.15) is 6.54 Å². The quantitative estimate of drug-likeness (QED) is 0.431. The van der Waals surface area contributed by atoms with Crippen LogP contribution in [0.25, 0.3) is 0 Å². The highest BCUT2D eigenvalue weighted by Gasteiger charge is 2.05. The molecule has 0 aliphatic heterocycles. The Morgan fingerprint density at radius 3 is 2.27 bits per heavy atom. The molecule has 1 unspecified atom stereocenters. The Bertz CT molecular complexity index is 78.1. The highest BCUT2D eigenvalue weighted by atomic mass is 16.5. The Kier molecular flexibility index (Phi) is 9.70. The van der Waals surface area contributed by atoms with Crippen LogP contribution in [-0.4, -0.2) is 42.1 Å². The van der Waals surface area contributed by atoms with Gasteiger partial charge in [-0.1, -0.05) is 13.3 Å². The molecule has 0 fully saturated rings. The molecule has 70 valence electrons. The molecule has 4 N–H and O–H groups in total. The van der Waals surface area contributed by atoms with Crippen molar-refractivity contribution in [1.29, 1.82) is 0 Å². The maximum atomic E-state index is 8.56. The van der Waals surface area contributed by atoms with Gasteiger partial charge in [-0.3, -0.25) is 0 Å². The van der Waals surface area contributed by atoms with Gasteiger partial charge in [-0.15, -0.1) is 0 Å². The Balaban J connectivity index is 0. The van der Waals surface area contributed by atoms with Crippen molar-refractivity contribution >= 4 is 0 Å². The fraction of sp³-hybridized carbons (Fsp3) is 1.00. The number of quaternary nitrogens is 1. The Labute approximate surface area is 67.8 Å². The van der Waals surface area contributed by atoms with Crippen LogP contribution in [0.5, 0.6) is 0 Å². The average Bonchev–Trinajstić information content (AvgIpc) is 1.82. The lowest BCUT2D eigenvalue weighted by Gasteiger charge is -2.13. The summed E-state index contributed by atoms with van der Waals surface area (Å²) in [4.78, 5) is 1.18. The van der Waals surface area contributed by atoms with E-state index in [1.54, 1.807) is 0 Å². The first kappa shape index (κ1) is 13.4. The zero-order valence-electron chi connectivity index (χ0n) is 7.25. The molecule has 0 spiro atoms. The van der Waals surface area contributed by atoms with E-state index in [2.05, 4.69) is 6.92 Å². The molecule has 0 aliphatic rings. The molecule has 11 heavy (non-hydrogen) atoms. The van der Waals surface area contributed by atoms with Crippen molar-refractivity contribution in [2.24, 2.45) is 0 Å². The summed E-state index contributed by atoms with van der Waals surface area (Å²) in [6.45, 7) is 3.58. The molecule has 0 saturated carbocycles. The number of aliphatic hydroxyl groups excluding tert-OH is 1. The number of aliphatic hydroxyl groups is 2. The molecular weight excluding hydrogens is 146 g/mol. The van der Waals surface area contributed by atoms with Crippen molar-refractivity contribution in [3.63, 3.8) is 0 Å². The first-order chi connectivity index (χ1) is 4.66. The summed E-state index contributed by atoms with van der Waals surface area (Å²) in [5.41, 5.74) is 0. The minimum atomic E-state index is -1.16. The summed E-state index contributed by atoms with van der Waals surface area (Å²) in [5.74, 6) is 0. The third-order valence-electron chi connectivity index (χ3n) is 1.49. The molecule has 0 heterocycles. The van der Waals surface area contributed by atoms with Crippen molar-refractivity contribution in [1.82, 2.24) is 0 Å². The Morgan fingerprint density at radius 1 is 1.36 bits per heavy atom. The monoisotopic (exact) mass is 165 g/mol. The second kappa shape index (κ2) is 7.94. The molecule has 4 nitrogen and oxygen atoms in total. The van der Waals surface area contributed by atoms with Crippen LogP contribution in [0.4, 0.5) is 0 Å². The van der Waals surface area contributed by atoms with E-state index in [1.165, 1.54) is 11.3 Å². The fourth-order valence-electron chi connectivity index (χ4n) is 0.892. The van der Waals surface area contributed by atoms with Crippen molar-refractivity contribution in [3.8, 4) is 0 Å². The van der Waals surface area contributed by atoms with Crippen molar-refractivity contribution in [2.45, 2.75) is 26.1 Å². The first-order valence-corrected chi connectivity index (χ1v) is 3.84. The molecule has 0 aliphatic carbocycles. The molecule has 0 aromatic rings. The topological polar surface area (TPSA) is 74.9 Å². The van der Waals surface area contributed by atoms with Crippen LogP contribution in [0.1, 0.15) is 19.8 Å². The summed E-state index contributed by atoms with van der Waals surface area (Å²) in [7, 11) is 1.97. The van der Waals surface area contributed by atoms with E-state index < -0.39 is 6.29 Å². The number of nitrogens with one attached hydrogen (secondary N) is 1. The van der Waals surface area contributed by atoms with Crippen LogP contribution in [0, 0.1) is 0 Å². The normalized spacial score (nSPS) is 12.8. The molecule has 0 rings (SSSR count). The lowest BCUT2D eigenvalue weighted by Crippen LogP contribution is -3.10. The van der Waals surface area contributed by atoms with Crippen LogP contribution >= 0.6 is 0 Å². The van der Waals surface area contributed by atoms with E-state index in [9.17, 15) is 0 Å². The highest BCUT2D eigenvalue weighted by Crippen LogP contribution is 1.78. The van der Waals surface area contributed by atoms with Gasteiger partial charge in [0.05, 0.1) is 13.6 Å². The van der Waals surface area contributed by atoms with Gasteiger partial charge < -0.3 is 20.6 Å². The van der Waals surface area contributed by atoms with E-state index >= 15 is 0 Å². The van der Waals surface area contributed by atoms with Crippen LogP contribution in [0.2, 0.25) is 0 Å². The van der Waals surface area contributed by atoms with Crippen molar-refractivity contribution in [3.05, 3.63) is 0 Å². The van der Waals surface area contributed by atoms with Crippen molar-refractivity contribution < 1.29 is 20.6 Å². The van der Waals surface area contributed by atoms with Crippen LogP contribution < -0.4 is 4.90 Å². The number of unbranched alkanes of at least 4 members (excludes halogenated alkanes) is 1. The summed E-state index contributed by atoms with van der Waals surface area (Å²) in [6, 6.07) is 0. The van der Waals surface area contributed by atoms with Crippen LogP contribution in [0.15, 0.2) is 0 Å². The van der Waals surface area contributed by atoms with E-state index in [1.807, 2.05) is 7.05 Å². The second-order valence-electron chi connectivity index (χ2n) is 2.75. The minimum Gasteiger partial charge on any atom is -0.870 e. The molecule has 4 heteroatoms. The number of rotatable bonds is 5.